The predicted molar refractivity (Wildman–Crippen MR) is 68.6 cm³/mol. The predicted octanol–water partition coefficient (Wildman–Crippen LogP) is 1.88. The molecule has 0 spiro atoms. The number of nitrogens with zero attached hydrogens (tertiary/aromatic N) is 3. The lowest BCUT2D eigenvalue weighted by molar-refractivity contribution is -0.137. The van der Waals surface area contributed by atoms with Crippen LogP contribution in [0.5, 0.6) is 0 Å². The molecular formula is C13H21N3O3. The standard InChI is InChI=1S/C13H21N3O3/c1-9(2)13-14-11(15-19-13)8-16-6-5-10(7-16)3-4-12(17)18/h9-10H,3-8H2,1-2H3,(H,17,18). The smallest absolute Gasteiger partial charge is 0.303 e. The van der Waals surface area contributed by atoms with Gasteiger partial charge in [-0.3, -0.25) is 9.69 Å². The lowest BCUT2D eigenvalue weighted by Gasteiger charge is -2.13. The molecule has 1 unspecified atom stereocenters. The summed E-state index contributed by atoms with van der Waals surface area (Å²) in [5, 5.41) is 12.7. The van der Waals surface area contributed by atoms with Crippen molar-refractivity contribution in [1.82, 2.24) is 15.0 Å². The van der Waals surface area contributed by atoms with Gasteiger partial charge in [0, 0.05) is 18.9 Å². The summed E-state index contributed by atoms with van der Waals surface area (Å²) < 4.78 is 5.18. The highest BCUT2D eigenvalue weighted by molar-refractivity contribution is 5.66. The van der Waals surface area contributed by atoms with Gasteiger partial charge in [-0.15, -0.1) is 0 Å². The van der Waals surface area contributed by atoms with E-state index in [0.717, 1.165) is 31.8 Å². The van der Waals surface area contributed by atoms with E-state index in [2.05, 4.69) is 15.0 Å². The Labute approximate surface area is 112 Å². The van der Waals surface area contributed by atoms with Crippen LogP contribution in [0.2, 0.25) is 0 Å². The van der Waals surface area contributed by atoms with Crippen LogP contribution in [-0.2, 0) is 11.3 Å². The van der Waals surface area contributed by atoms with E-state index in [-0.39, 0.29) is 12.3 Å². The molecule has 0 aromatic carbocycles. The van der Waals surface area contributed by atoms with Crippen LogP contribution in [0.4, 0.5) is 0 Å². The van der Waals surface area contributed by atoms with E-state index in [1.165, 1.54) is 0 Å². The van der Waals surface area contributed by atoms with Crippen LogP contribution in [0.25, 0.3) is 0 Å². The van der Waals surface area contributed by atoms with E-state index in [1.807, 2.05) is 13.8 Å². The molecule has 1 atom stereocenters. The molecule has 1 aliphatic rings. The molecule has 19 heavy (non-hydrogen) atoms. The average Bonchev–Trinajstić information content (AvgIpc) is 2.96. The highest BCUT2D eigenvalue weighted by Gasteiger charge is 2.24. The summed E-state index contributed by atoms with van der Waals surface area (Å²) in [4.78, 5) is 17.2. The molecule has 0 radical (unpaired) electrons. The first-order valence-corrected chi connectivity index (χ1v) is 6.81. The van der Waals surface area contributed by atoms with Gasteiger partial charge in [0.2, 0.25) is 5.89 Å². The summed E-state index contributed by atoms with van der Waals surface area (Å²) in [5.41, 5.74) is 0. The number of carboxylic acids is 1. The van der Waals surface area contributed by atoms with Crippen molar-refractivity contribution in [3.05, 3.63) is 11.7 Å². The van der Waals surface area contributed by atoms with Gasteiger partial charge in [-0.05, 0) is 25.3 Å². The Balaban J connectivity index is 1.79. The number of aromatic nitrogens is 2. The minimum atomic E-state index is -0.710. The van der Waals surface area contributed by atoms with Crippen molar-refractivity contribution in [2.75, 3.05) is 13.1 Å². The number of aliphatic carboxylic acids is 1. The van der Waals surface area contributed by atoms with Crippen LogP contribution >= 0.6 is 0 Å². The summed E-state index contributed by atoms with van der Waals surface area (Å²) in [5.74, 6) is 1.42. The third-order valence-corrected chi connectivity index (χ3v) is 3.48. The van der Waals surface area contributed by atoms with E-state index in [0.29, 0.717) is 18.4 Å². The van der Waals surface area contributed by atoms with E-state index in [1.54, 1.807) is 0 Å². The first-order valence-electron chi connectivity index (χ1n) is 6.81. The molecule has 0 amide bonds. The number of carboxylic acid groups (broad SMARTS) is 1. The van der Waals surface area contributed by atoms with E-state index >= 15 is 0 Å². The topological polar surface area (TPSA) is 79.5 Å². The molecule has 6 heteroatoms. The molecule has 0 aliphatic carbocycles. The molecule has 1 aromatic rings. The Morgan fingerprint density at radius 2 is 2.37 bits per heavy atom. The zero-order valence-corrected chi connectivity index (χ0v) is 11.5. The molecule has 2 rings (SSSR count). The molecule has 0 bridgehead atoms. The average molecular weight is 267 g/mol. The second-order valence-electron chi connectivity index (χ2n) is 5.53. The van der Waals surface area contributed by atoms with E-state index in [9.17, 15) is 4.79 Å². The highest BCUT2D eigenvalue weighted by Crippen LogP contribution is 2.22. The Morgan fingerprint density at radius 3 is 3.00 bits per heavy atom. The van der Waals surface area contributed by atoms with Crippen molar-refractivity contribution in [1.29, 1.82) is 0 Å². The zero-order valence-electron chi connectivity index (χ0n) is 11.5. The van der Waals surface area contributed by atoms with Gasteiger partial charge in [-0.2, -0.15) is 4.98 Å². The van der Waals surface area contributed by atoms with Gasteiger partial charge in [0.1, 0.15) is 0 Å². The van der Waals surface area contributed by atoms with Crippen LogP contribution in [0.1, 0.15) is 50.7 Å². The van der Waals surface area contributed by atoms with Gasteiger partial charge >= 0.3 is 5.97 Å². The van der Waals surface area contributed by atoms with Crippen molar-refractivity contribution in [3.8, 4) is 0 Å². The molecule has 1 saturated heterocycles. The summed E-state index contributed by atoms with van der Waals surface area (Å²) in [6, 6.07) is 0. The van der Waals surface area contributed by atoms with Crippen molar-refractivity contribution in [3.63, 3.8) is 0 Å². The zero-order chi connectivity index (χ0) is 13.8. The Bertz CT molecular complexity index is 431. The quantitative estimate of drug-likeness (QED) is 0.847. The molecular weight excluding hydrogens is 246 g/mol. The molecule has 1 aliphatic heterocycles. The Hall–Kier alpha value is -1.43. The van der Waals surface area contributed by atoms with Crippen molar-refractivity contribution in [2.24, 2.45) is 5.92 Å². The SMILES string of the molecule is CC(C)c1nc(CN2CCC(CCC(=O)O)C2)no1. The maximum absolute atomic E-state index is 10.5. The number of rotatable bonds is 6. The third-order valence-electron chi connectivity index (χ3n) is 3.48. The Morgan fingerprint density at radius 1 is 1.58 bits per heavy atom. The van der Waals surface area contributed by atoms with Crippen LogP contribution in [0, 0.1) is 5.92 Å². The lowest BCUT2D eigenvalue weighted by Crippen LogP contribution is -2.21. The molecule has 1 N–H and O–H groups in total. The van der Waals surface area contributed by atoms with Crippen molar-refractivity contribution >= 4 is 5.97 Å². The largest absolute Gasteiger partial charge is 0.481 e. The number of hydrogen-bond donors (Lipinski definition) is 1. The minimum absolute atomic E-state index is 0.253. The summed E-state index contributed by atoms with van der Waals surface area (Å²) in [7, 11) is 0. The highest BCUT2D eigenvalue weighted by atomic mass is 16.5. The van der Waals surface area contributed by atoms with Gasteiger partial charge in [0.05, 0.1) is 6.54 Å². The molecule has 1 aromatic heterocycles. The number of likely N-dealkylation sites (tertiary alicyclic amines) is 1. The Kier molecular flexibility index (Phi) is 4.52. The second-order valence-corrected chi connectivity index (χ2v) is 5.53. The number of hydrogen-bond acceptors (Lipinski definition) is 5. The molecule has 1 fully saturated rings. The van der Waals surface area contributed by atoms with Gasteiger partial charge in [0.15, 0.2) is 5.82 Å². The summed E-state index contributed by atoms with van der Waals surface area (Å²) in [6.07, 6.45) is 2.08. The maximum atomic E-state index is 10.5. The van der Waals surface area contributed by atoms with E-state index in [4.69, 9.17) is 9.63 Å². The second kappa shape index (κ2) is 6.14. The maximum Gasteiger partial charge on any atom is 0.303 e. The van der Waals surface area contributed by atoms with Crippen LogP contribution in [-0.4, -0.2) is 39.2 Å². The van der Waals surface area contributed by atoms with E-state index < -0.39 is 5.97 Å². The van der Waals surface area contributed by atoms with Gasteiger partial charge in [-0.25, -0.2) is 0 Å². The fourth-order valence-corrected chi connectivity index (χ4v) is 2.39. The van der Waals surface area contributed by atoms with Crippen LogP contribution in [0.3, 0.4) is 0 Å². The fraction of sp³-hybridized carbons (Fsp3) is 0.769. The van der Waals surface area contributed by atoms with Crippen LogP contribution in [0.15, 0.2) is 4.52 Å². The molecule has 6 nitrogen and oxygen atoms in total. The third kappa shape index (κ3) is 4.02. The normalized spacial score (nSPS) is 20.3. The molecule has 0 saturated carbocycles. The first kappa shape index (κ1) is 14.0. The van der Waals surface area contributed by atoms with Crippen molar-refractivity contribution in [2.45, 2.75) is 45.6 Å². The van der Waals surface area contributed by atoms with Gasteiger partial charge in [0.25, 0.3) is 0 Å². The summed E-state index contributed by atoms with van der Waals surface area (Å²) in [6.45, 7) is 6.65. The van der Waals surface area contributed by atoms with Gasteiger partial charge < -0.3 is 9.63 Å². The minimum Gasteiger partial charge on any atom is -0.481 e. The van der Waals surface area contributed by atoms with Crippen LogP contribution < -0.4 is 0 Å². The summed E-state index contributed by atoms with van der Waals surface area (Å²) >= 11 is 0. The number of carbonyl (C=O) groups is 1. The van der Waals surface area contributed by atoms with Crippen molar-refractivity contribution < 1.29 is 14.4 Å². The van der Waals surface area contributed by atoms with Gasteiger partial charge in [-0.1, -0.05) is 19.0 Å². The first-order chi connectivity index (χ1) is 9.04. The molecule has 106 valence electrons. The molecule has 2 heterocycles. The lowest BCUT2D eigenvalue weighted by atomic mass is 10.0. The fourth-order valence-electron chi connectivity index (χ4n) is 2.39. The monoisotopic (exact) mass is 267 g/mol.